The summed E-state index contributed by atoms with van der Waals surface area (Å²) >= 11 is 6.08. The Bertz CT molecular complexity index is 725. The molecule has 3 rings (SSSR count). The fraction of sp³-hybridized carbons (Fsp3) is 0.333. The molecule has 7 heteroatoms. The van der Waals surface area contributed by atoms with Gasteiger partial charge in [-0.2, -0.15) is 0 Å². The van der Waals surface area contributed by atoms with Crippen LogP contribution in [0.15, 0.2) is 47.1 Å². The fourth-order valence-electron chi connectivity index (χ4n) is 2.76. The Balaban J connectivity index is 1.42. The van der Waals surface area contributed by atoms with Crippen LogP contribution in [-0.4, -0.2) is 54.3 Å². The largest absolute Gasteiger partial charge is 0.459 e. The molecule has 0 atom stereocenters. The van der Waals surface area contributed by atoms with Crippen LogP contribution in [0.2, 0.25) is 5.02 Å². The van der Waals surface area contributed by atoms with Gasteiger partial charge < -0.3 is 14.6 Å². The number of hydrogen-bond donors (Lipinski definition) is 1. The van der Waals surface area contributed by atoms with Gasteiger partial charge in [0.15, 0.2) is 5.76 Å². The van der Waals surface area contributed by atoms with E-state index in [2.05, 4.69) is 5.32 Å². The van der Waals surface area contributed by atoms with Gasteiger partial charge in [0.25, 0.3) is 5.91 Å². The van der Waals surface area contributed by atoms with Crippen molar-refractivity contribution in [2.75, 3.05) is 32.7 Å². The van der Waals surface area contributed by atoms with Gasteiger partial charge in [0.1, 0.15) is 0 Å². The summed E-state index contributed by atoms with van der Waals surface area (Å²) in [6, 6.07) is 10.8. The Morgan fingerprint density at radius 3 is 2.52 bits per heavy atom. The van der Waals surface area contributed by atoms with Gasteiger partial charge in [-0.15, -0.1) is 0 Å². The molecule has 0 bridgehead atoms. The van der Waals surface area contributed by atoms with Crippen molar-refractivity contribution in [1.29, 1.82) is 0 Å². The molecule has 1 aliphatic heterocycles. The molecular weight excluding hydrogens is 342 g/mol. The first kappa shape index (κ1) is 17.5. The van der Waals surface area contributed by atoms with E-state index >= 15 is 0 Å². The summed E-state index contributed by atoms with van der Waals surface area (Å²) in [7, 11) is 0. The Kier molecular flexibility index (Phi) is 5.73. The Morgan fingerprint density at radius 1 is 1.08 bits per heavy atom. The zero-order valence-corrected chi connectivity index (χ0v) is 14.5. The molecule has 1 aliphatic rings. The molecule has 1 aromatic heterocycles. The number of rotatable bonds is 5. The summed E-state index contributed by atoms with van der Waals surface area (Å²) in [6.07, 6.45) is 1.49. The van der Waals surface area contributed by atoms with Crippen LogP contribution in [0.4, 0.5) is 0 Å². The van der Waals surface area contributed by atoms with Crippen LogP contribution in [0.5, 0.6) is 0 Å². The van der Waals surface area contributed by atoms with Crippen molar-refractivity contribution in [3.8, 4) is 0 Å². The van der Waals surface area contributed by atoms with Gasteiger partial charge in [0.2, 0.25) is 5.91 Å². The number of hydrogen-bond acceptors (Lipinski definition) is 4. The van der Waals surface area contributed by atoms with Crippen LogP contribution >= 0.6 is 11.6 Å². The third-order valence-corrected chi connectivity index (χ3v) is 4.56. The lowest BCUT2D eigenvalue weighted by atomic mass is 10.2. The predicted molar refractivity (Wildman–Crippen MR) is 94.4 cm³/mol. The molecule has 1 saturated heterocycles. The fourth-order valence-corrected chi connectivity index (χ4v) is 2.96. The average Bonchev–Trinajstić information content (AvgIpc) is 3.16. The third-order valence-electron chi connectivity index (χ3n) is 4.19. The second kappa shape index (κ2) is 8.18. The SMILES string of the molecule is O=C(CN1CCN(C(=O)c2ccco2)CC1)NCc1ccccc1Cl. The molecule has 25 heavy (non-hydrogen) atoms. The second-order valence-corrected chi connectivity index (χ2v) is 6.32. The molecular formula is C18H20ClN3O3. The highest BCUT2D eigenvalue weighted by atomic mass is 35.5. The van der Waals surface area contributed by atoms with Crippen molar-refractivity contribution in [3.63, 3.8) is 0 Å². The third kappa shape index (κ3) is 4.61. The first-order valence-electron chi connectivity index (χ1n) is 8.19. The molecule has 2 heterocycles. The molecule has 0 radical (unpaired) electrons. The number of furan rings is 1. The molecule has 1 aromatic carbocycles. The van der Waals surface area contributed by atoms with Crippen LogP contribution in [0.3, 0.4) is 0 Å². The summed E-state index contributed by atoms with van der Waals surface area (Å²) in [5, 5.41) is 3.53. The zero-order chi connectivity index (χ0) is 17.6. The molecule has 2 amide bonds. The monoisotopic (exact) mass is 361 g/mol. The first-order chi connectivity index (χ1) is 12.1. The topological polar surface area (TPSA) is 65.8 Å². The van der Waals surface area contributed by atoms with Crippen LogP contribution in [0, 0.1) is 0 Å². The minimum Gasteiger partial charge on any atom is -0.459 e. The second-order valence-electron chi connectivity index (χ2n) is 5.91. The molecule has 2 aromatic rings. The Hall–Kier alpha value is -2.31. The Morgan fingerprint density at radius 2 is 1.84 bits per heavy atom. The number of halogens is 1. The summed E-state index contributed by atoms with van der Waals surface area (Å²) in [4.78, 5) is 28.1. The minimum atomic E-state index is -0.104. The van der Waals surface area contributed by atoms with Crippen molar-refractivity contribution in [1.82, 2.24) is 15.1 Å². The van der Waals surface area contributed by atoms with Crippen LogP contribution in [0.1, 0.15) is 16.1 Å². The lowest BCUT2D eigenvalue weighted by molar-refractivity contribution is -0.122. The van der Waals surface area contributed by atoms with E-state index in [-0.39, 0.29) is 11.8 Å². The summed E-state index contributed by atoms with van der Waals surface area (Å²) in [6.45, 7) is 3.20. The number of nitrogens with zero attached hydrogens (tertiary/aromatic N) is 2. The molecule has 0 saturated carbocycles. The maximum absolute atomic E-state index is 12.2. The zero-order valence-electron chi connectivity index (χ0n) is 13.8. The van der Waals surface area contributed by atoms with Gasteiger partial charge in [-0.3, -0.25) is 14.5 Å². The van der Waals surface area contributed by atoms with Crippen LogP contribution in [0.25, 0.3) is 0 Å². The lowest BCUT2D eigenvalue weighted by Gasteiger charge is -2.33. The molecule has 0 unspecified atom stereocenters. The number of nitrogens with one attached hydrogen (secondary N) is 1. The van der Waals surface area contributed by atoms with E-state index in [9.17, 15) is 9.59 Å². The van der Waals surface area contributed by atoms with Gasteiger partial charge in [0.05, 0.1) is 12.8 Å². The normalized spacial score (nSPS) is 15.2. The van der Waals surface area contributed by atoms with Crippen molar-refractivity contribution in [2.45, 2.75) is 6.54 Å². The minimum absolute atomic E-state index is 0.0502. The van der Waals surface area contributed by atoms with E-state index in [4.69, 9.17) is 16.0 Å². The van der Waals surface area contributed by atoms with Crippen molar-refractivity contribution in [3.05, 3.63) is 59.0 Å². The molecule has 1 fully saturated rings. The Labute approximate surface area is 151 Å². The van der Waals surface area contributed by atoms with Gasteiger partial charge in [-0.25, -0.2) is 0 Å². The maximum atomic E-state index is 12.2. The van der Waals surface area contributed by atoms with Crippen molar-refractivity contribution >= 4 is 23.4 Å². The summed E-state index contributed by atoms with van der Waals surface area (Å²) < 4.78 is 5.14. The predicted octanol–water partition coefficient (Wildman–Crippen LogP) is 2.01. The van der Waals surface area contributed by atoms with E-state index in [0.29, 0.717) is 50.1 Å². The van der Waals surface area contributed by atoms with Gasteiger partial charge in [0, 0.05) is 37.7 Å². The number of carbonyl (C=O) groups is 2. The molecule has 0 aliphatic carbocycles. The first-order valence-corrected chi connectivity index (χ1v) is 8.56. The quantitative estimate of drug-likeness (QED) is 0.884. The van der Waals surface area contributed by atoms with E-state index in [1.807, 2.05) is 23.1 Å². The number of amides is 2. The van der Waals surface area contributed by atoms with Gasteiger partial charge in [-0.05, 0) is 23.8 Å². The number of carbonyl (C=O) groups excluding carboxylic acids is 2. The highest BCUT2D eigenvalue weighted by molar-refractivity contribution is 6.31. The van der Waals surface area contributed by atoms with E-state index < -0.39 is 0 Å². The number of benzene rings is 1. The number of piperazine rings is 1. The lowest BCUT2D eigenvalue weighted by Crippen LogP contribution is -2.51. The molecule has 6 nitrogen and oxygen atoms in total. The summed E-state index contributed by atoms with van der Waals surface area (Å²) in [5.74, 6) is 0.199. The molecule has 0 spiro atoms. The van der Waals surface area contributed by atoms with Crippen molar-refractivity contribution < 1.29 is 14.0 Å². The van der Waals surface area contributed by atoms with Gasteiger partial charge in [-0.1, -0.05) is 29.8 Å². The highest BCUT2D eigenvalue weighted by Crippen LogP contribution is 2.14. The van der Waals surface area contributed by atoms with Gasteiger partial charge >= 0.3 is 0 Å². The molecule has 1 N–H and O–H groups in total. The smallest absolute Gasteiger partial charge is 0.289 e. The average molecular weight is 362 g/mol. The highest BCUT2D eigenvalue weighted by Gasteiger charge is 2.24. The molecule has 132 valence electrons. The summed E-state index contributed by atoms with van der Waals surface area (Å²) in [5.41, 5.74) is 0.895. The van der Waals surface area contributed by atoms with E-state index in [1.165, 1.54) is 6.26 Å². The van der Waals surface area contributed by atoms with Crippen LogP contribution in [-0.2, 0) is 11.3 Å². The standard InChI is InChI=1S/C18H20ClN3O3/c19-15-5-2-1-4-14(15)12-20-17(23)13-21-7-9-22(10-8-21)18(24)16-6-3-11-25-16/h1-6,11H,7-10,12-13H2,(H,20,23). The van der Waals surface area contributed by atoms with Crippen LogP contribution < -0.4 is 5.32 Å². The van der Waals surface area contributed by atoms with E-state index in [0.717, 1.165) is 5.56 Å². The van der Waals surface area contributed by atoms with E-state index in [1.54, 1.807) is 23.1 Å². The maximum Gasteiger partial charge on any atom is 0.289 e. The van der Waals surface area contributed by atoms with Crippen molar-refractivity contribution in [2.24, 2.45) is 0 Å².